The summed E-state index contributed by atoms with van der Waals surface area (Å²) in [4.78, 5) is 0. The van der Waals surface area contributed by atoms with Crippen molar-refractivity contribution in [3.63, 3.8) is 0 Å². The summed E-state index contributed by atoms with van der Waals surface area (Å²) in [5, 5.41) is 7.52. The van der Waals surface area contributed by atoms with Crippen LogP contribution >= 0.6 is 0 Å². The number of para-hydroxylation sites is 1. The third kappa shape index (κ3) is 3.27. The molecule has 1 heterocycles. The van der Waals surface area contributed by atoms with Gasteiger partial charge in [-0.25, -0.2) is 0 Å². The van der Waals surface area contributed by atoms with Gasteiger partial charge in [-0.3, -0.25) is 0 Å². The highest BCUT2D eigenvalue weighted by atomic mass is 16.5. The molecular weight excluding hydrogens is 264 g/mol. The standard InChI is InChI=1S/C17H22N2O2/c1-11-5-4-6-14(9-18-15-7-8-15)17(11)20-10-16-12(2)19-21-13(16)3/h4-6,15,18H,7-10H2,1-3H3. The Morgan fingerprint density at radius 1 is 1.29 bits per heavy atom. The Morgan fingerprint density at radius 3 is 2.76 bits per heavy atom. The number of benzene rings is 1. The van der Waals surface area contributed by atoms with Crippen LogP contribution < -0.4 is 10.1 Å². The number of ether oxygens (including phenoxy) is 1. The summed E-state index contributed by atoms with van der Waals surface area (Å²) in [6.45, 7) is 7.32. The second kappa shape index (κ2) is 5.90. The van der Waals surface area contributed by atoms with E-state index in [4.69, 9.17) is 9.26 Å². The lowest BCUT2D eigenvalue weighted by molar-refractivity contribution is 0.295. The maximum atomic E-state index is 6.09. The first-order valence-electron chi connectivity index (χ1n) is 7.51. The molecule has 3 rings (SSSR count). The SMILES string of the molecule is Cc1cccc(CNC2CC2)c1OCc1c(C)noc1C. The van der Waals surface area contributed by atoms with Crippen LogP contribution in [-0.4, -0.2) is 11.2 Å². The molecule has 1 aromatic heterocycles. The van der Waals surface area contributed by atoms with E-state index in [0.717, 1.165) is 34.9 Å². The maximum Gasteiger partial charge on any atom is 0.140 e. The largest absolute Gasteiger partial charge is 0.488 e. The number of hydrogen-bond donors (Lipinski definition) is 1. The minimum Gasteiger partial charge on any atom is -0.488 e. The third-order valence-electron chi connectivity index (χ3n) is 3.99. The molecule has 4 heteroatoms. The lowest BCUT2D eigenvalue weighted by Gasteiger charge is -2.14. The molecule has 1 saturated carbocycles. The molecule has 1 N–H and O–H groups in total. The van der Waals surface area contributed by atoms with Crippen LogP contribution in [0.4, 0.5) is 0 Å². The van der Waals surface area contributed by atoms with Gasteiger partial charge in [0, 0.05) is 18.2 Å². The molecular formula is C17H22N2O2. The van der Waals surface area contributed by atoms with E-state index >= 15 is 0 Å². The van der Waals surface area contributed by atoms with Gasteiger partial charge >= 0.3 is 0 Å². The van der Waals surface area contributed by atoms with E-state index in [-0.39, 0.29) is 0 Å². The zero-order chi connectivity index (χ0) is 14.8. The molecule has 0 saturated heterocycles. The second-order valence-electron chi connectivity index (χ2n) is 5.81. The fourth-order valence-corrected chi connectivity index (χ4v) is 2.45. The first kappa shape index (κ1) is 14.1. The highest BCUT2D eigenvalue weighted by Crippen LogP contribution is 2.27. The van der Waals surface area contributed by atoms with Crippen molar-refractivity contribution in [3.8, 4) is 5.75 Å². The van der Waals surface area contributed by atoms with Crippen molar-refractivity contribution < 1.29 is 9.26 Å². The van der Waals surface area contributed by atoms with Crippen molar-refractivity contribution in [2.75, 3.05) is 0 Å². The molecule has 4 nitrogen and oxygen atoms in total. The Labute approximate surface area is 125 Å². The summed E-state index contributed by atoms with van der Waals surface area (Å²) in [5.74, 6) is 1.81. The summed E-state index contributed by atoms with van der Waals surface area (Å²) < 4.78 is 11.3. The van der Waals surface area contributed by atoms with Crippen molar-refractivity contribution >= 4 is 0 Å². The van der Waals surface area contributed by atoms with E-state index in [1.807, 2.05) is 13.8 Å². The van der Waals surface area contributed by atoms with Crippen molar-refractivity contribution in [2.45, 2.75) is 52.8 Å². The fraction of sp³-hybridized carbons (Fsp3) is 0.471. The first-order chi connectivity index (χ1) is 10.1. The predicted octanol–water partition coefficient (Wildman–Crippen LogP) is 3.43. The molecule has 0 unspecified atom stereocenters. The van der Waals surface area contributed by atoms with E-state index < -0.39 is 0 Å². The first-order valence-corrected chi connectivity index (χ1v) is 7.51. The third-order valence-corrected chi connectivity index (χ3v) is 3.99. The van der Waals surface area contributed by atoms with Crippen LogP contribution in [0.25, 0.3) is 0 Å². The number of hydrogen-bond acceptors (Lipinski definition) is 4. The van der Waals surface area contributed by atoms with Crippen LogP contribution in [0.15, 0.2) is 22.7 Å². The van der Waals surface area contributed by atoms with Gasteiger partial charge in [0.1, 0.15) is 18.1 Å². The summed E-state index contributed by atoms with van der Waals surface area (Å²) in [6, 6.07) is 7.00. The highest BCUT2D eigenvalue weighted by Gasteiger charge is 2.21. The van der Waals surface area contributed by atoms with Gasteiger partial charge in [0.2, 0.25) is 0 Å². The van der Waals surface area contributed by atoms with Crippen LogP contribution in [0, 0.1) is 20.8 Å². The molecule has 21 heavy (non-hydrogen) atoms. The number of nitrogens with one attached hydrogen (secondary N) is 1. The summed E-state index contributed by atoms with van der Waals surface area (Å²) in [7, 11) is 0. The molecule has 0 atom stereocenters. The molecule has 1 aliphatic carbocycles. The van der Waals surface area contributed by atoms with Gasteiger partial charge in [0.15, 0.2) is 0 Å². The normalized spacial score (nSPS) is 14.4. The molecule has 1 fully saturated rings. The summed E-state index contributed by atoms with van der Waals surface area (Å²) in [6.07, 6.45) is 2.59. The summed E-state index contributed by atoms with van der Waals surface area (Å²) >= 11 is 0. The van der Waals surface area contributed by atoms with Gasteiger partial charge in [0.05, 0.1) is 11.3 Å². The van der Waals surface area contributed by atoms with Gasteiger partial charge < -0.3 is 14.6 Å². The predicted molar refractivity (Wildman–Crippen MR) is 81.3 cm³/mol. The second-order valence-corrected chi connectivity index (χ2v) is 5.81. The Morgan fingerprint density at radius 2 is 2.10 bits per heavy atom. The molecule has 0 amide bonds. The minimum absolute atomic E-state index is 0.502. The van der Waals surface area contributed by atoms with Crippen LogP contribution in [0.2, 0.25) is 0 Å². The smallest absolute Gasteiger partial charge is 0.140 e. The van der Waals surface area contributed by atoms with Crippen LogP contribution in [0.3, 0.4) is 0 Å². The van der Waals surface area contributed by atoms with Gasteiger partial charge in [0.25, 0.3) is 0 Å². The van der Waals surface area contributed by atoms with Crippen molar-refractivity contribution in [2.24, 2.45) is 0 Å². The molecule has 0 spiro atoms. The minimum atomic E-state index is 0.502. The van der Waals surface area contributed by atoms with E-state index in [2.05, 4.69) is 35.6 Å². The molecule has 0 aliphatic heterocycles. The van der Waals surface area contributed by atoms with Gasteiger partial charge in [-0.1, -0.05) is 23.4 Å². The lowest BCUT2D eigenvalue weighted by atomic mass is 10.1. The highest BCUT2D eigenvalue weighted by molar-refractivity contribution is 5.41. The number of aromatic nitrogens is 1. The van der Waals surface area contributed by atoms with Crippen LogP contribution in [0.5, 0.6) is 5.75 Å². The number of rotatable bonds is 6. The molecule has 1 aromatic carbocycles. The Balaban J connectivity index is 1.73. The van der Waals surface area contributed by atoms with Crippen LogP contribution in [0.1, 0.15) is 41.0 Å². The van der Waals surface area contributed by atoms with Gasteiger partial charge in [-0.05, 0) is 39.2 Å². The average Bonchev–Trinajstić information content (AvgIpc) is 3.24. The van der Waals surface area contributed by atoms with Gasteiger partial charge in [-0.2, -0.15) is 0 Å². The van der Waals surface area contributed by atoms with Crippen LogP contribution in [-0.2, 0) is 13.2 Å². The number of nitrogens with zero attached hydrogens (tertiary/aromatic N) is 1. The molecule has 1 aliphatic rings. The van der Waals surface area contributed by atoms with Crippen molar-refractivity contribution in [1.82, 2.24) is 10.5 Å². The van der Waals surface area contributed by atoms with E-state index in [1.54, 1.807) is 0 Å². The van der Waals surface area contributed by atoms with E-state index in [9.17, 15) is 0 Å². The number of aryl methyl sites for hydroxylation is 3. The fourth-order valence-electron chi connectivity index (χ4n) is 2.45. The van der Waals surface area contributed by atoms with E-state index in [0.29, 0.717) is 12.6 Å². The Hall–Kier alpha value is -1.81. The molecule has 2 aromatic rings. The summed E-state index contributed by atoms with van der Waals surface area (Å²) in [5.41, 5.74) is 4.32. The zero-order valence-corrected chi connectivity index (χ0v) is 12.9. The Bertz CT molecular complexity index is 610. The zero-order valence-electron chi connectivity index (χ0n) is 12.9. The molecule has 0 bridgehead atoms. The van der Waals surface area contributed by atoms with E-state index in [1.165, 1.54) is 18.4 Å². The quantitative estimate of drug-likeness (QED) is 0.883. The Kier molecular flexibility index (Phi) is 3.97. The average molecular weight is 286 g/mol. The topological polar surface area (TPSA) is 47.3 Å². The van der Waals surface area contributed by atoms with Gasteiger partial charge in [-0.15, -0.1) is 0 Å². The van der Waals surface area contributed by atoms with Crippen molar-refractivity contribution in [3.05, 3.63) is 46.3 Å². The van der Waals surface area contributed by atoms with Crippen molar-refractivity contribution in [1.29, 1.82) is 0 Å². The lowest BCUT2D eigenvalue weighted by Crippen LogP contribution is -2.16. The maximum absolute atomic E-state index is 6.09. The molecule has 0 radical (unpaired) electrons. The molecule has 112 valence electrons. The monoisotopic (exact) mass is 286 g/mol.